The number of fused-ring (bicyclic) bond motifs is 1. The Labute approximate surface area is 100 Å². The average molecular weight is 290 g/mol. The fourth-order valence-electron chi connectivity index (χ4n) is 1.87. The summed E-state index contributed by atoms with van der Waals surface area (Å²) in [6.45, 7) is -0.520. The molecule has 0 N–H and O–H groups in total. The minimum absolute atomic E-state index is 0.227. The van der Waals surface area contributed by atoms with E-state index in [0.29, 0.717) is 18.5 Å². The van der Waals surface area contributed by atoms with Gasteiger partial charge in [-0.1, -0.05) is 15.9 Å². The first kappa shape index (κ1) is 11.5. The van der Waals surface area contributed by atoms with E-state index in [0.717, 1.165) is 10.0 Å². The predicted octanol–water partition coefficient (Wildman–Crippen LogP) is 2.99. The van der Waals surface area contributed by atoms with Crippen molar-refractivity contribution in [1.82, 2.24) is 0 Å². The van der Waals surface area contributed by atoms with Crippen molar-refractivity contribution in [3.63, 3.8) is 0 Å². The Hall–Kier alpha value is -0.970. The number of benzene rings is 1. The summed E-state index contributed by atoms with van der Waals surface area (Å²) in [5.74, 6) is -0.227. The molecule has 0 radical (unpaired) electrons. The first-order chi connectivity index (χ1) is 7.58. The monoisotopic (exact) mass is 289 g/mol. The number of hydrogen-bond acceptors (Lipinski definition) is 1. The van der Waals surface area contributed by atoms with E-state index >= 15 is 0 Å². The zero-order valence-corrected chi connectivity index (χ0v) is 10.0. The zero-order valence-electron chi connectivity index (χ0n) is 8.42. The second-order valence-electron chi connectivity index (χ2n) is 3.67. The molecule has 0 aromatic heterocycles. The molecule has 0 unspecified atom stereocenters. The van der Waals surface area contributed by atoms with Crippen molar-refractivity contribution in [2.75, 3.05) is 11.4 Å². The summed E-state index contributed by atoms with van der Waals surface area (Å²) in [5, 5.41) is 0. The van der Waals surface area contributed by atoms with E-state index in [1.807, 2.05) is 6.07 Å². The lowest BCUT2D eigenvalue weighted by atomic mass is 10.0. The Morgan fingerprint density at radius 3 is 2.81 bits per heavy atom. The largest absolute Gasteiger partial charge is 0.306 e. The van der Waals surface area contributed by atoms with Crippen LogP contribution in [0.25, 0.3) is 0 Å². The third-order valence-corrected chi connectivity index (χ3v) is 3.06. The molecule has 1 amide bonds. The van der Waals surface area contributed by atoms with Crippen LogP contribution in [0.3, 0.4) is 0 Å². The van der Waals surface area contributed by atoms with Gasteiger partial charge in [-0.2, -0.15) is 0 Å². The van der Waals surface area contributed by atoms with Gasteiger partial charge in [0.25, 0.3) is 6.43 Å². The summed E-state index contributed by atoms with van der Waals surface area (Å²) in [6.07, 6.45) is -1.58. The van der Waals surface area contributed by atoms with Crippen LogP contribution in [0.4, 0.5) is 14.5 Å². The molecule has 1 aliphatic rings. The van der Waals surface area contributed by atoms with Crippen LogP contribution < -0.4 is 4.90 Å². The van der Waals surface area contributed by atoms with Gasteiger partial charge in [-0.05, 0) is 30.2 Å². The van der Waals surface area contributed by atoms with Crippen LogP contribution in [0.15, 0.2) is 22.7 Å². The van der Waals surface area contributed by atoms with Crippen LogP contribution in [-0.2, 0) is 11.2 Å². The molecule has 0 bridgehead atoms. The molecule has 2 nitrogen and oxygen atoms in total. The number of halogens is 3. The Bertz CT molecular complexity index is 422. The number of rotatable bonds is 2. The van der Waals surface area contributed by atoms with Crippen molar-refractivity contribution >= 4 is 27.5 Å². The molecule has 2 rings (SSSR count). The maximum absolute atomic E-state index is 12.4. The van der Waals surface area contributed by atoms with Gasteiger partial charge in [-0.25, -0.2) is 8.78 Å². The third-order valence-electron chi connectivity index (χ3n) is 2.56. The Kier molecular flexibility index (Phi) is 3.23. The van der Waals surface area contributed by atoms with E-state index < -0.39 is 13.0 Å². The molecule has 0 saturated heterocycles. The molecule has 1 heterocycles. The van der Waals surface area contributed by atoms with Crippen LogP contribution in [0.1, 0.15) is 12.0 Å². The topological polar surface area (TPSA) is 20.3 Å². The molecule has 0 atom stereocenters. The smallest absolute Gasteiger partial charge is 0.256 e. The van der Waals surface area contributed by atoms with Gasteiger partial charge in [-0.15, -0.1) is 0 Å². The highest BCUT2D eigenvalue weighted by Crippen LogP contribution is 2.30. The maximum Gasteiger partial charge on any atom is 0.256 e. The van der Waals surface area contributed by atoms with Crippen LogP contribution in [0.2, 0.25) is 0 Å². The van der Waals surface area contributed by atoms with E-state index in [1.54, 1.807) is 12.1 Å². The highest BCUT2D eigenvalue weighted by Gasteiger charge is 2.26. The van der Waals surface area contributed by atoms with Crippen molar-refractivity contribution < 1.29 is 13.6 Å². The summed E-state index contributed by atoms with van der Waals surface area (Å²) < 4.78 is 25.6. The molecule has 0 fully saturated rings. The number of anilines is 1. The van der Waals surface area contributed by atoms with Gasteiger partial charge in [0.1, 0.15) is 0 Å². The van der Waals surface area contributed by atoms with Crippen LogP contribution in [-0.4, -0.2) is 18.9 Å². The second kappa shape index (κ2) is 4.49. The van der Waals surface area contributed by atoms with Gasteiger partial charge in [0.2, 0.25) is 5.91 Å². The standard InChI is InChI=1S/C11H10BrF2NO/c12-8-2-3-9-7(5-8)1-4-11(16)15(9)6-10(13)14/h2-3,5,10H,1,4,6H2. The fraction of sp³-hybridized carbons (Fsp3) is 0.364. The number of alkyl halides is 2. The molecule has 86 valence electrons. The molecule has 1 aromatic carbocycles. The van der Waals surface area contributed by atoms with E-state index in [4.69, 9.17) is 0 Å². The SMILES string of the molecule is O=C1CCc2cc(Br)ccc2N1CC(F)F. The lowest BCUT2D eigenvalue weighted by molar-refractivity contribution is -0.119. The number of aryl methyl sites for hydroxylation is 1. The van der Waals surface area contributed by atoms with Gasteiger partial charge in [0.15, 0.2) is 0 Å². The molecule has 5 heteroatoms. The summed E-state index contributed by atoms with van der Waals surface area (Å²) in [6, 6.07) is 5.34. The fourth-order valence-corrected chi connectivity index (χ4v) is 2.28. The van der Waals surface area contributed by atoms with E-state index in [1.165, 1.54) is 4.90 Å². The Morgan fingerprint density at radius 1 is 1.38 bits per heavy atom. The number of carbonyl (C=O) groups excluding carboxylic acids is 1. The lowest BCUT2D eigenvalue weighted by Crippen LogP contribution is -2.38. The highest BCUT2D eigenvalue weighted by atomic mass is 79.9. The van der Waals surface area contributed by atoms with Crippen molar-refractivity contribution in [3.8, 4) is 0 Å². The van der Waals surface area contributed by atoms with Crippen LogP contribution in [0.5, 0.6) is 0 Å². The van der Waals surface area contributed by atoms with Crippen molar-refractivity contribution in [2.24, 2.45) is 0 Å². The molecule has 0 spiro atoms. The predicted molar refractivity (Wildman–Crippen MR) is 60.8 cm³/mol. The molecule has 0 aliphatic carbocycles. The van der Waals surface area contributed by atoms with Crippen molar-refractivity contribution in [2.45, 2.75) is 19.3 Å². The molecule has 1 aliphatic heterocycles. The molecular formula is C11H10BrF2NO. The molecular weight excluding hydrogens is 280 g/mol. The van der Waals surface area contributed by atoms with E-state index in [2.05, 4.69) is 15.9 Å². The van der Waals surface area contributed by atoms with Gasteiger partial charge in [0, 0.05) is 16.6 Å². The Morgan fingerprint density at radius 2 is 2.12 bits per heavy atom. The lowest BCUT2D eigenvalue weighted by Gasteiger charge is -2.29. The third kappa shape index (κ3) is 2.24. The summed E-state index contributed by atoms with van der Waals surface area (Å²) in [7, 11) is 0. The number of nitrogens with zero attached hydrogens (tertiary/aromatic N) is 1. The van der Waals surface area contributed by atoms with Gasteiger partial charge in [0.05, 0.1) is 6.54 Å². The van der Waals surface area contributed by atoms with Gasteiger partial charge >= 0.3 is 0 Å². The summed E-state index contributed by atoms with van der Waals surface area (Å²) in [5.41, 5.74) is 1.55. The van der Waals surface area contributed by atoms with Gasteiger partial charge < -0.3 is 4.90 Å². The molecule has 0 saturated carbocycles. The molecule has 1 aromatic rings. The average Bonchev–Trinajstić information content (AvgIpc) is 2.22. The number of carbonyl (C=O) groups is 1. The number of amides is 1. The van der Waals surface area contributed by atoms with Gasteiger partial charge in [-0.3, -0.25) is 4.79 Å². The Balaban J connectivity index is 2.36. The second-order valence-corrected chi connectivity index (χ2v) is 4.58. The summed E-state index contributed by atoms with van der Waals surface area (Å²) in [4.78, 5) is 12.7. The van der Waals surface area contributed by atoms with E-state index in [9.17, 15) is 13.6 Å². The highest BCUT2D eigenvalue weighted by molar-refractivity contribution is 9.10. The zero-order chi connectivity index (χ0) is 11.7. The molecule has 16 heavy (non-hydrogen) atoms. The number of hydrogen-bond donors (Lipinski definition) is 0. The minimum Gasteiger partial charge on any atom is -0.306 e. The van der Waals surface area contributed by atoms with Crippen molar-refractivity contribution in [3.05, 3.63) is 28.2 Å². The van der Waals surface area contributed by atoms with Crippen LogP contribution >= 0.6 is 15.9 Å². The quantitative estimate of drug-likeness (QED) is 0.820. The maximum atomic E-state index is 12.4. The first-order valence-electron chi connectivity index (χ1n) is 4.95. The minimum atomic E-state index is -2.50. The van der Waals surface area contributed by atoms with Crippen molar-refractivity contribution in [1.29, 1.82) is 0 Å². The first-order valence-corrected chi connectivity index (χ1v) is 5.74. The normalized spacial score (nSPS) is 15.5. The summed E-state index contributed by atoms with van der Waals surface area (Å²) >= 11 is 3.32. The van der Waals surface area contributed by atoms with Crippen LogP contribution in [0, 0.1) is 0 Å². The van der Waals surface area contributed by atoms with E-state index in [-0.39, 0.29) is 5.91 Å².